The monoisotopic (exact) mass is 371 g/mol. The van der Waals surface area contributed by atoms with Crippen LogP contribution in [0.25, 0.3) is 22.0 Å². The molecule has 1 unspecified atom stereocenters. The third-order valence-electron chi connectivity index (χ3n) is 4.88. The zero-order valence-electron chi connectivity index (χ0n) is 14.7. The summed E-state index contributed by atoms with van der Waals surface area (Å²) in [6.45, 7) is 3.76. The Morgan fingerprint density at radius 2 is 2.15 bits per heavy atom. The van der Waals surface area contributed by atoms with Gasteiger partial charge in [0.1, 0.15) is 5.76 Å². The number of hydrogen-bond donors (Lipinski definition) is 2. The second kappa shape index (κ2) is 7.00. The molecule has 1 aliphatic carbocycles. The Morgan fingerprint density at radius 1 is 1.31 bits per heavy atom. The number of fused-ring (bicyclic) bond motifs is 1. The average molecular weight is 371 g/mol. The van der Waals surface area contributed by atoms with Crippen LogP contribution in [0.2, 0.25) is 0 Å². The molecular formula is C19H21N3O3S. The second-order valence-electron chi connectivity index (χ2n) is 6.79. The first-order valence-corrected chi connectivity index (χ1v) is 9.86. The lowest BCUT2D eigenvalue weighted by molar-refractivity contribution is 0.181. The molecule has 1 saturated carbocycles. The number of hydrogen-bond acceptors (Lipinski definition) is 6. The summed E-state index contributed by atoms with van der Waals surface area (Å²) in [6.07, 6.45) is 3.62. The van der Waals surface area contributed by atoms with Gasteiger partial charge in [-0.3, -0.25) is 4.98 Å². The highest BCUT2D eigenvalue weighted by Crippen LogP contribution is 2.33. The van der Waals surface area contributed by atoms with Crippen molar-refractivity contribution in [2.75, 3.05) is 0 Å². The van der Waals surface area contributed by atoms with Gasteiger partial charge in [0.05, 0.1) is 40.1 Å². The maximum atomic E-state index is 13.1. The predicted octanol–water partition coefficient (Wildman–Crippen LogP) is 3.03. The van der Waals surface area contributed by atoms with E-state index in [1.165, 1.54) is 0 Å². The number of benzene rings is 1. The average Bonchev–Trinajstić information content (AvgIpc) is 3.18. The molecule has 3 aromatic rings. The Labute approximate surface area is 154 Å². The molecule has 3 atom stereocenters. The first kappa shape index (κ1) is 17.5. The summed E-state index contributed by atoms with van der Waals surface area (Å²) in [7, 11) is 0. The van der Waals surface area contributed by atoms with Crippen LogP contribution in [-0.4, -0.2) is 31.9 Å². The van der Waals surface area contributed by atoms with E-state index in [4.69, 9.17) is 4.52 Å². The lowest BCUT2D eigenvalue weighted by atomic mass is 10.0. The van der Waals surface area contributed by atoms with Gasteiger partial charge < -0.3 is 14.2 Å². The Balaban J connectivity index is 1.77. The van der Waals surface area contributed by atoms with Crippen molar-refractivity contribution in [1.29, 1.82) is 0 Å². The number of nitrogens with zero attached hydrogens (tertiary/aromatic N) is 2. The smallest absolute Gasteiger partial charge is 0.183 e. The van der Waals surface area contributed by atoms with Gasteiger partial charge in [-0.25, -0.2) is 0 Å². The van der Waals surface area contributed by atoms with Crippen LogP contribution in [0.4, 0.5) is 0 Å². The van der Waals surface area contributed by atoms with Gasteiger partial charge >= 0.3 is 0 Å². The van der Waals surface area contributed by atoms with Gasteiger partial charge in [0.2, 0.25) is 0 Å². The Morgan fingerprint density at radius 3 is 2.85 bits per heavy atom. The van der Waals surface area contributed by atoms with E-state index in [9.17, 15) is 9.66 Å². The molecule has 2 heterocycles. The molecular weight excluding hydrogens is 350 g/mol. The first-order valence-electron chi connectivity index (χ1n) is 8.71. The van der Waals surface area contributed by atoms with E-state index in [1.54, 1.807) is 6.20 Å². The summed E-state index contributed by atoms with van der Waals surface area (Å²) in [5.74, 6) is 0.724. The number of aromatic nitrogens is 2. The highest BCUT2D eigenvalue weighted by molar-refractivity contribution is 7.89. The lowest BCUT2D eigenvalue weighted by Gasteiger charge is -2.17. The molecule has 0 bridgehead atoms. The Bertz CT molecular complexity index is 923. The molecule has 1 aliphatic rings. The van der Waals surface area contributed by atoms with Crippen molar-refractivity contribution < 1.29 is 14.2 Å². The van der Waals surface area contributed by atoms with Crippen LogP contribution in [0.1, 0.15) is 30.7 Å². The second-order valence-corrected chi connectivity index (χ2v) is 8.01. The minimum atomic E-state index is -1.40. The third kappa shape index (κ3) is 3.23. The van der Waals surface area contributed by atoms with E-state index in [0.29, 0.717) is 11.3 Å². The largest absolute Gasteiger partial charge is 0.593 e. The Kier molecular flexibility index (Phi) is 4.71. The van der Waals surface area contributed by atoms with Crippen LogP contribution >= 0.6 is 0 Å². The summed E-state index contributed by atoms with van der Waals surface area (Å²) in [5.41, 5.74) is 3.37. The molecule has 4 rings (SSSR count). The van der Waals surface area contributed by atoms with E-state index in [0.717, 1.165) is 46.3 Å². The summed E-state index contributed by atoms with van der Waals surface area (Å²) in [5, 5.41) is 14.6. The molecule has 7 heteroatoms. The molecule has 1 aromatic carbocycles. The van der Waals surface area contributed by atoms with Crippen LogP contribution in [0, 0.1) is 13.8 Å². The fourth-order valence-electron chi connectivity index (χ4n) is 3.62. The van der Waals surface area contributed by atoms with Crippen LogP contribution in [-0.2, 0) is 11.4 Å². The summed E-state index contributed by atoms with van der Waals surface area (Å²) >= 11 is -1.40. The van der Waals surface area contributed by atoms with Crippen LogP contribution in [0.3, 0.4) is 0 Å². The van der Waals surface area contributed by atoms with Gasteiger partial charge in [-0.1, -0.05) is 5.16 Å². The van der Waals surface area contributed by atoms with Gasteiger partial charge in [-0.2, -0.15) is 0 Å². The molecule has 0 amide bonds. The fraction of sp³-hybridized carbons (Fsp3) is 0.368. The number of rotatable bonds is 4. The molecule has 136 valence electrons. The molecule has 0 aliphatic heterocycles. The summed E-state index contributed by atoms with van der Waals surface area (Å²) in [4.78, 5) is 5.13. The van der Waals surface area contributed by atoms with Gasteiger partial charge in [-0.05, 0) is 56.9 Å². The molecule has 26 heavy (non-hydrogen) atoms. The maximum absolute atomic E-state index is 13.1. The van der Waals surface area contributed by atoms with Crippen molar-refractivity contribution in [3.63, 3.8) is 0 Å². The predicted molar refractivity (Wildman–Crippen MR) is 99.9 cm³/mol. The molecule has 0 radical (unpaired) electrons. The lowest BCUT2D eigenvalue weighted by Crippen LogP contribution is -2.33. The molecule has 2 N–H and O–H groups in total. The van der Waals surface area contributed by atoms with E-state index >= 15 is 0 Å². The van der Waals surface area contributed by atoms with E-state index in [2.05, 4.69) is 14.9 Å². The molecule has 0 saturated heterocycles. The van der Waals surface area contributed by atoms with Crippen LogP contribution in [0.5, 0.6) is 0 Å². The maximum Gasteiger partial charge on any atom is 0.183 e. The zero-order chi connectivity index (χ0) is 18.3. The first-order chi connectivity index (χ1) is 12.5. The minimum Gasteiger partial charge on any atom is -0.593 e. The number of aliphatic hydroxyl groups excluding tert-OH is 1. The zero-order valence-corrected chi connectivity index (χ0v) is 15.5. The van der Waals surface area contributed by atoms with Crippen LogP contribution in [0.15, 0.2) is 39.9 Å². The van der Waals surface area contributed by atoms with E-state index < -0.39 is 11.4 Å². The standard InChI is InChI=1S/C19H21N3O3S/c1-11-19(12(2)25-21-11)13-8-17-16(4-3-7-20-17)18(9-13)26(24)22-14-5-6-15(23)10-14/h3-4,7-9,14-15,22-23H,5-6,10H2,1-2H3/t14-,15+,26?/m0/s1. The molecule has 2 aromatic heterocycles. The third-order valence-corrected chi connectivity index (χ3v) is 6.17. The van der Waals surface area contributed by atoms with E-state index in [-0.39, 0.29) is 12.1 Å². The van der Waals surface area contributed by atoms with Crippen molar-refractivity contribution in [3.8, 4) is 11.1 Å². The normalized spacial score (nSPS) is 21.4. The van der Waals surface area contributed by atoms with E-state index in [1.807, 2.05) is 38.1 Å². The minimum absolute atomic E-state index is 0.0558. The van der Waals surface area contributed by atoms with Gasteiger partial charge in [0.15, 0.2) is 4.90 Å². The summed E-state index contributed by atoms with van der Waals surface area (Å²) < 4.78 is 21.5. The van der Waals surface area contributed by atoms with Gasteiger partial charge in [-0.15, -0.1) is 4.72 Å². The fourth-order valence-corrected chi connectivity index (χ4v) is 4.87. The highest BCUT2D eigenvalue weighted by atomic mass is 32.2. The molecule has 0 spiro atoms. The molecule has 1 fully saturated rings. The SMILES string of the molecule is Cc1noc(C)c1-c1cc([S+]([O-])N[C@H]2CC[C@@H](O)C2)c2cccnc2c1. The summed E-state index contributed by atoms with van der Waals surface area (Å²) in [6, 6.07) is 7.73. The van der Waals surface area contributed by atoms with Crippen molar-refractivity contribution in [2.24, 2.45) is 0 Å². The number of pyridine rings is 1. The Hall–Kier alpha value is -1.93. The highest BCUT2D eigenvalue weighted by Gasteiger charge is 2.29. The quantitative estimate of drug-likeness (QED) is 0.685. The van der Waals surface area contributed by atoms with Crippen molar-refractivity contribution >= 4 is 22.3 Å². The van der Waals surface area contributed by atoms with Gasteiger partial charge in [0.25, 0.3) is 0 Å². The van der Waals surface area contributed by atoms with Crippen molar-refractivity contribution in [3.05, 3.63) is 41.9 Å². The van der Waals surface area contributed by atoms with Gasteiger partial charge in [0, 0.05) is 17.8 Å². The van der Waals surface area contributed by atoms with Crippen molar-refractivity contribution in [1.82, 2.24) is 14.9 Å². The molecule has 6 nitrogen and oxygen atoms in total. The number of aliphatic hydroxyl groups is 1. The van der Waals surface area contributed by atoms with Crippen LogP contribution < -0.4 is 4.72 Å². The number of aryl methyl sites for hydroxylation is 2. The van der Waals surface area contributed by atoms with Crippen molar-refractivity contribution in [2.45, 2.75) is 50.2 Å². The number of nitrogens with one attached hydrogen (secondary N) is 1. The topological polar surface area (TPSA) is 94.2 Å².